The third kappa shape index (κ3) is 25.7. The number of esters is 4. The Hall–Kier alpha value is -0.886. The van der Waals surface area contributed by atoms with Gasteiger partial charge in [0.25, 0.3) is 6.47 Å². The van der Waals surface area contributed by atoms with Crippen molar-refractivity contribution in [2.24, 2.45) is 0 Å². The minimum absolute atomic E-state index is 0. The molecule has 2 heterocycles. The Morgan fingerprint density at radius 3 is 1.72 bits per heavy atom. The Labute approximate surface area is 395 Å². The first-order valence-electron chi connectivity index (χ1n) is 12.0. The molecule has 0 unspecified atom stereocenters. The second kappa shape index (κ2) is 26.9. The number of ether oxygens (including phenoxy) is 4. The molecule has 0 fully saturated rings. The maximum Gasteiger partial charge on any atom is 1.00 e. The van der Waals surface area contributed by atoms with Crippen LogP contribution in [0.1, 0.15) is 63.9 Å². The van der Waals surface area contributed by atoms with Crippen LogP contribution in [0.15, 0.2) is 12.1 Å². The normalized spacial score (nSPS) is 9.66. The number of nitrogens with one attached hydrogen (secondary N) is 1. The molecule has 0 aliphatic heterocycles. The van der Waals surface area contributed by atoms with Gasteiger partial charge in [0.2, 0.25) is 0 Å². The maximum atomic E-state index is 11.7. The average Bonchev–Trinajstić information content (AvgIpc) is 3.59. The van der Waals surface area contributed by atoms with Crippen LogP contribution in [0.4, 0.5) is 11.6 Å². The molecule has 0 aliphatic carbocycles. The number of methoxy groups -OCH3 is 2. The van der Waals surface area contributed by atoms with Crippen molar-refractivity contribution in [3.63, 3.8) is 0 Å². The smallest absolute Gasteiger partial charge is 1.00 e. The fourth-order valence-corrected chi connectivity index (χ4v) is 2.48. The topological polar surface area (TPSA) is 287 Å². The molecule has 0 bridgehead atoms. The number of halogens is 1. The number of rotatable bonds is 8. The molecular weight excluding hydrogens is 946 g/mol. The molecule has 1 N–H and O–H groups in total. The number of nitro groups is 2. The van der Waals surface area contributed by atoms with Crippen LogP contribution in [0, 0.1) is 20.2 Å². The van der Waals surface area contributed by atoms with Crippen molar-refractivity contribution >= 4 is 57.9 Å². The Kier molecular flexibility index (Phi) is 30.3. The molecule has 0 saturated carbocycles. The monoisotopic (exact) mass is 978 g/mol. The van der Waals surface area contributed by atoms with Crippen molar-refractivity contribution in [2.75, 3.05) is 19.5 Å². The summed E-state index contributed by atoms with van der Waals surface area (Å²) in [5, 5.41) is 38.5. The summed E-state index contributed by atoms with van der Waals surface area (Å²) in [6.45, 7) is 9.96. The van der Waals surface area contributed by atoms with E-state index >= 15 is 0 Å². The first kappa shape index (κ1) is 52.9. The van der Waals surface area contributed by atoms with E-state index < -0.39 is 45.7 Å². The van der Waals surface area contributed by atoms with E-state index in [-0.39, 0.29) is 180 Å². The van der Waals surface area contributed by atoms with E-state index in [0.717, 1.165) is 23.9 Å². The van der Waals surface area contributed by atoms with Crippen LogP contribution < -0.4 is 143 Å². The summed E-state index contributed by atoms with van der Waals surface area (Å²) in [7, 11) is 2.29. The van der Waals surface area contributed by atoms with Crippen molar-refractivity contribution in [1.29, 1.82) is 0 Å². The summed E-state index contributed by atoms with van der Waals surface area (Å²) >= 11 is 2.99. The molecule has 2 aromatic heterocycles. The fraction of sp³-hybridized carbons (Fsp3) is 0.522. The maximum absolute atomic E-state index is 11.7. The Bertz CT molecular complexity index is 1330. The van der Waals surface area contributed by atoms with E-state index in [1.807, 2.05) is 20.8 Å². The quantitative estimate of drug-likeness (QED) is 0.0495. The van der Waals surface area contributed by atoms with Crippen LogP contribution in [0.3, 0.4) is 0 Å². The molecule has 0 spiro atoms. The number of carbonyl (C=O) groups excluding carboxylic acids is 5. The molecule has 2 rings (SSSR count). The first-order valence-corrected chi connectivity index (χ1v) is 13.1. The van der Waals surface area contributed by atoms with E-state index in [9.17, 15) is 39.4 Å². The molecule has 0 saturated heterocycles. The number of aromatic nitrogens is 4. The van der Waals surface area contributed by atoms with Gasteiger partial charge in [0.05, 0.1) is 31.5 Å². The molecule has 0 radical (unpaired) electrons. The molecule has 24 heteroatoms. The number of hydrogen-bond acceptors (Lipinski definition) is 17. The van der Waals surface area contributed by atoms with Gasteiger partial charge in [-0.15, -0.1) is 5.10 Å². The van der Waals surface area contributed by atoms with Crippen LogP contribution in [-0.4, -0.2) is 90.9 Å². The number of alkyl halides is 1. The van der Waals surface area contributed by atoms with Crippen LogP contribution in [0.2, 0.25) is 0 Å². The molecule has 254 valence electrons. The van der Waals surface area contributed by atoms with Crippen LogP contribution in [0.25, 0.3) is 0 Å². The molecule has 47 heavy (non-hydrogen) atoms. The van der Waals surface area contributed by atoms with E-state index in [1.54, 1.807) is 20.8 Å². The number of hydrogen-bond donors (Lipinski definition) is 1. The van der Waals surface area contributed by atoms with Crippen molar-refractivity contribution in [3.8, 4) is 0 Å². The Morgan fingerprint density at radius 1 is 0.936 bits per heavy atom. The van der Waals surface area contributed by atoms with Gasteiger partial charge in [-0.25, -0.2) is 14.4 Å². The molecule has 0 aliphatic rings. The molecule has 2 aromatic rings. The Balaban J connectivity index is -0.000000189. The van der Waals surface area contributed by atoms with E-state index in [1.165, 1.54) is 7.11 Å². The van der Waals surface area contributed by atoms with E-state index in [0.29, 0.717) is 0 Å². The zero-order valence-electron chi connectivity index (χ0n) is 28.4. The van der Waals surface area contributed by atoms with Gasteiger partial charge in [-0.2, -0.15) is 4.68 Å². The largest absolute Gasteiger partial charge is 1.00 e. The molecule has 0 amide bonds. The number of nitrogens with zero attached hydrogens (tertiary/aromatic N) is 5. The number of H-pyrrole nitrogens is 1. The minimum atomic E-state index is -0.825. The summed E-state index contributed by atoms with van der Waals surface area (Å²) in [6.07, 6.45) is 0. The second-order valence-electron chi connectivity index (χ2n) is 9.68. The number of carbonyl (C=O) groups is 5. The second-order valence-corrected chi connectivity index (χ2v) is 10.2. The predicted octanol–water partition coefficient (Wildman–Crippen LogP) is -4.70. The van der Waals surface area contributed by atoms with Crippen LogP contribution in [-0.2, 0) is 44.8 Å². The SMILES string of the molecule is CC(C)(C)OC(=O)CBr.COC(=O)c1cc([N+](=O)[O-])[nH]n1.COC(=O)c1cc([N+](=O)[O-])nn1CC(=O)OC(C)(C)C.O=CO[O-].[Cs+].[Cs+].[H-]. The fourth-order valence-electron chi connectivity index (χ4n) is 2.36. The van der Waals surface area contributed by atoms with Gasteiger partial charge in [-0.1, -0.05) is 21.0 Å². The zero-order valence-corrected chi connectivity index (χ0v) is 41.5. The minimum Gasteiger partial charge on any atom is -1.00 e. The van der Waals surface area contributed by atoms with Crippen molar-refractivity contribution in [2.45, 2.75) is 59.3 Å². The summed E-state index contributed by atoms with van der Waals surface area (Å²) < 4.78 is 19.6. The van der Waals surface area contributed by atoms with Gasteiger partial charge in [-0.05, 0) is 51.4 Å². The third-order valence-electron chi connectivity index (χ3n) is 3.77. The first-order chi connectivity index (χ1) is 20.7. The van der Waals surface area contributed by atoms with Gasteiger partial charge < -0.3 is 50.7 Å². The van der Waals surface area contributed by atoms with Gasteiger partial charge in [0.15, 0.2) is 17.9 Å². The summed E-state index contributed by atoms with van der Waals surface area (Å²) in [5.41, 5.74) is -1.36. The van der Waals surface area contributed by atoms with E-state index in [2.05, 4.69) is 45.6 Å². The standard InChI is InChI=1S/C11H15N3O6.C6H11BrO2.C5H5N3O4.CH2O3.2Cs.H/c1-11(2,3)20-9(15)6-13-7(10(16)19-4)5-8(12-13)14(17)18;1-6(2,3)9-5(8)4-7;1-12-5(9)3-2-4(7-6-3)8(10)11;2-1-4-3;;;/h5H,6H2,1-4H3;4H2,1-3H3;2H,1H3,(H,6,7);1,3H;;;/q;;;;2*+1;-1/p-1. The third-order valence-corrected chi connectivity index (χ3v) is 4.23. The van der Waals surface area contributed by atoms with Crippen LogP contribution in [0.5, 0.6) is 0 Å². The van der Waals surface area contributed by atoms with Gasteiger partial charge in [0, 0.05) is 0 Å². The molecule has 0 atom stereocenters. The van der Waals surface area contributed by atoms with Gasteiger partial charge in [-0.3, -0.25) is 9.59 Å². The molecule has 21 nitrogen and oxygen atoms in total. The molecular formula is C23H33BrCs2N6O15. The predicted molar refractivity (Wildman–Crippen MR) is 151 cm³/mol. The van der Waals surface area contributed by atoms with Gasteiger partial charge >= 0.3 is 173 Å². The Morgan fingerprint density at radius 2 is 1.40 bits per heavy atom. The summed E-state index contributed by atoms with van der Waals surface area (Å²) in [6, 6.07) is 1.95. The summed E-state index contributed by atoms with van der Waals surface area (Å²) in [4.78, 5) is 75.0. The van der Waals surface area contributed by atoms with Crippen LogP contribution >= 0.6 is 15.9 Å². The van der Waals surface area contributed by atoms with Crippen molar-refractivity contribution in [1.82, 2.24) is 20.0 Å². The number of aromatic amines is 1. The van der Waals surface area contributed by atoms with E-state index in [4.69, 9.17) is 19.5 Å². The zero-order chi connectivity index (χ0) is 35.5. The van der Waals surface area contributed by atoms with Crippen molar-refractivity contribution in [3.05, 3.63) is 43.7 Å². The summed E-state index contributed by atoms with van der Waals surface area (Å²) in [5.74, 6) is -3.30. The van der Waals surface area contributed by atoms with Crippen molar-refractivity contribution < 1.29 is 202 Å². The van der Waals surface area contributed by atoms with Gasteiger partial charge in [0.1, 0.15) is 16.5 Å². The molecule has 0 aromatic carbocycles. The average molecular weight is 979 g/mol.